The van der Waals surface area contributed by atoms with Crippen molar-refractivity contribution < 1.29 is 18.6 Å². The molecular weight excluding hydrogens is 795 g/mol. The normalized spacial score (nSPS) is 11.1. The Bertz CT molecular complexity index is 3060. The molecule has 0 bridgehead atoms. The highest BCUT2D eigenvalue weighted by Crippen LogP contribution is 2.31. The number of pyridine rings is 2. The highest BCUT2D eigenvalue weighted by molar-refractivity contribution is 7.15. The van der Waals surface area contributed by atoms with Gasteiger partial charge in [0.1, 0.15) is 39.6 Å². The van der Waals surface area contributed by atoms with Gasteiger partial charge < -0.3 is 9.84 Å². The summed E-state index contributed by atoms with van der Waals surface area (Å²) in [6.07, 6.45) is 4.34. The number of fused-ring (bicyclic) bond motifs is 2. The van der Waals surface area contributed by atoms with Crippen molar-refractivity contribution >= 4 is 34.0 Å². The van der Waals surface area contributed by atoms with Gasteiger partial charge in [-0.25, -0.2) is 18.7 Å². The van der Waals surface area contributed by atoms with E-state index in [1.54, 1.807) is 48.8 Å². The molecule has 0 radical (unpaired) electrons. The molecule has 12 nitrogen and oxygen atoms in total. The van der Waals surface area contributed by atoms with Gasteiger partial charge in [-0.1, -0.05) is 89.4 Å². The van der Waals surface area contributed by atoms with Crippen molar-refractivity contribution in [2.75, 3.05) is 0 Å². The third kappa shape index (κ3) is 8.78. The minimum atomic E-state index is -0.552. The molecule has 6 heterocycles. The summed E-state index contributed by atoms with van der Waals surface area (Å²) in [6, 6.07) is 29.3. The van der Waals surface area contributed by atoms with Crippen molar-refractivity contribution in [3.8, 4) is 32.9 Å². The van der Waals surface area contributed by atoms with Crippen molar-refractivity contribution in [3.05, 3.63) is 186 Å². The fourth-order valence-electron chi connectivity index (χ4n) is 6.01. The van der Waals surface area contributed by atoms with Crippen LogP contribution in [-0.4, -0.2) is 44.3 Å². The standard InChI is InChI=1S/C25H19FN4O2S.C18H13FN4O2S/c1-16-7-12-20-27-22(24-29-28-21(33-24)13-17-8-10-19(26)11-9-17)23(25(31)30(20)14-16)32-15-18-5-3-2-4-6-18;1-10-2-7-13-20-15(16(24)18(25)23(13)9-10)17-22-21-14(26-17)8-11-3-5-12(19)6-4-11/h2-12,14H,13,15H2,1H3;2-7,9,24H,8H2,1H3. The van der Waals surface area contributed by atoms with E-state index in [0.29, 0.717) is 44.9 Å². The Morgan fingerprint density at radius 3 is 1.63 bits per heavy atom. The molecule has 0 unspecified atom stereocenters. The molecule has 0 saturated heterocycles. The molecule has 9 aromatic rings. The molecule has 0 aliphatic carbocycles. The van der Waals surface area contributed by atoms with E-state index in [2.05, 4.69) is 30.4 Å². The predicted molar refractivity (Wildman–Crippen MR) is 221 cm³/mol. The van der Waals surface area contributed by atoms with Crippen LogP contribution in [0.5, 0.6) is 11.5 Å². The molecule has 16 heteroatoms. The lowest BCUT2D eigenvalue weighted by molar-refractivity contribution is 0.301. The van der Waals surface area contributed by atoms with E-state index < -0.39 is 11.3 Å². The first-order valence-electron chi connectivity index (χ1n) is 18.1. The van der Waals surface area contributed by atoms with E-state index in [9.17, 15) is 23.5 Å². The number of halogens is 2. The average Bonchev–Trinajstić information content (AvgIpc) is 3.91. The number of hydrogen-bond donors (Lipinski definition) is 1. The monoisotopic (exact) mass is 826 g/mol. The topological polar surface area (TPSA) is 150 Å². The Balaban J connectivity index is 0.000000169. The van der Waals surface area contributed by atoms with Gasteiger partial charge in [0.25, 0.3) is 0 Å². The zero-order chi connectivity index (χ0) is 41.0. The molecule has 59 heavy (non-hydrogen) atoms. The summed E-state index contributed by atoms with van der Waals surface area (Å²) in [5.41, 5.74) is 5.11. The van der Waals surface area contributed by atoms with E-state index in [1.165, 1.54) is 55.7 Å². The fourth-order valence-corrected chi connectivity index (χ4v) is 7.74. The van der Waals surface area contributed by atoms with Crippen molar-refractivity contribution in [3.63, 3.8) is 0 Å². The van der Waals surface area contributed by atoms with Gasteiger partial charge >= 0.3 is 11.1 Å². The van der Waals surface area contributed by atoms with Crippen LogP contribution in [0.25, 0.3) is 32.7 Å². The number of ether oxygens (including phenoxy) is 1. The zero-order valence-electron chi connectivity index (χ0n) is 31.4. The maximum atomic E-state index is 13.3. The Labute approximate surface area is 342 Å². The molecule has 6 aromatic heterocycles. The number of aromatic hydroxyl groups is 1. The molecule has 1 N–H and O–H groups in total. The van der Waals surface area contributed by atoms with Gasteiger partial charge in [0, 0.05) is 25.2 Å². The molecule has 0 aliphatic rings. The summed E-state index contributed by atoms with van der Waals surface area (Å²) < 4.78 is 35.0. The van der Waals surface area contributed by atoms with Crippen LogP contribution < -0.4 is 15.9 Å². The second-order valence-electron chi connectivity index (χ2n) is 13.5. The van der Waals surface area contributed by atoms with Crippen molar-refractivity contribution in [2.45, 2.75) is 33.3 Å². The second kappa shape index (κ2) is 16.8. The van der Waals surface area contributed by atoms with Crippen molar-refractivity contribution in [1.82, 2.24) is 39.2 Å². The van der Waals surface area contributed by atoms with Gasteiger partial charge in [-0.2, -0.15) is 0 Å². The first kappa shape index (κ1) is 38.8. The molecule has 0 atom stereocenters. The van der Waals surface area contributed by atoms with Crippen LogP contribution in [0.2, 0.25) is 0 Å². The zero-order valence-corrected chi connectivity index (χ0v) is 33.0. The van der Waals surface area contributed by atoms with Gasteiger partial charge in [-0.3, -0.25) is 18.4 Å². The molecular formula is C43H32F2N8O4S2. The number of nitrogens with zero attached hydrogens (tertiary/aromatic N) is 8. The molecule has 294 valence electrons. The predicted octanol–water partition coefficient (Wildman–Crippen LogP) is 7.79. The molecule has 3 aromatic carbocycles. The molecule has 0 fully saturated rings. The van der Waals surface area contributed by atoms with Crippen LogP contribution in [0.1, 0.15) is 37.8 Å². The van der Waals surface area contributed by atoms with Crippen LogP contribution in [-0.2, 0) is 19.4 Å². The van der Waals surface area contributed by atoms with Crippen LogP contribution in [0.4, 0.5) is 8.78 Å². The van der Waals surface area contributed by atoms with Crippen LogP contribution in [0, 0.1) is 25.5 Å². The summed E-state index contributed by atoms with van der Waals surface area (Å²) in [5.74, 6) is -0.912. The maximum Gasteiger partial charge on any atom is 0.301 e. The van der Waals surface area contributed by atoms with Gasteiger partial charge in [0.05, 0.1) is 0 Å². The van der Waals surface area contributed by atoms with E-state index in [4.69, 9.17) is 4.74 Å². The van der Waals surface area contributed by atoms with E-state index in [1.807, 2.05) is 56.3 Å². The van der Waals surface area contributed by atoms with E-state index in [0.717, 1.165) is 32.8 Å². The molecule has 0 saturated carbocycles. The van der Waals surface area contributed by atoms with Crippen molar-refractivity contribution in [2.24, 2.45) is 0 Å². The first-order chi connectivity index (χ1) is 28.6. The minimum Gasteiger partial charge on any atom is -0.501 e. The maximum absolute atomic E-state index is 13.3. The van der Waals surface area contributed by atoms with Crippen molar-refractivity contribution in [1.29, 1.82) is 0 Å². The largest absolute Gasteiger partial charge is 0.501 e. The first-order valence-corrected chi connectivity index (χ1v) is 19.8. The summed E-state index contributed by atoms with van der Waals surface area (Å²) >= 11 is 2.57. The second-order valence-corrected chi connectivity index (χ2v) is 15.6. The third-order valence-corrected chi connectivity index (χ3v) is 10.8. The average molecular weight is 827 g/mol. The van der Waals surface area contributed by atoms with Crippen LogP contribution >= 0.6 is 22.7 Å². The van der Waals surface area contributed by atoms with Crippen LogP contribution in [0.15, 0.2) is 125 Å². The molecule has 0 spiro atoms. The number of rotatable bonds is 9. The van der Waals surface area contributed by atoms with Gasteiger partial charge in [0.15, 0.2) is 21.4 Å². The summed E-state index contributed by atoms with van der Waals surface area (Å²) in [7, 11) is 0. The van der Waals surface area contributed by atoms with E-state index in [-0.39, 0.29) is 35.2 Å². The summed E-state index contributed by atoms with van der Waals surface area (Å²) in [4.78, 5) is 34.8. The quantitative estimate of drug-likeness (QED) is 0.153. The number of benzene rings is 3. The Hall–Kier alpha value is -7.04. The van der Waals surface area contributed by atoms with Crippen LogP contribution in [0.3, 0.4) is 0 Å². The number of hydrogen-bond acceptors (Lipinski definition) is 12. The number of aromatic nitrogens is 8. The van der Waals surface area contributed by atoms with Gasteiger partial charge in [-0.05, 0) is 78.1 Å². The lowest BCUT2D eigenvalue weighted by atomic mass is 10.2. The minimum absolute atomic E-state index is 0.113. The molecule has 0 aliphatic heterocycles. The highest BCUT2D eigenvalue weighted by atomic mass is 32.1. The van der Waals surface area contributed by atoms with E-state index >= 15 is 0 Å². The number of aryl methyl sites for hydroxylation is 2. The SMILES string of the molecule is Cc1ccc2nc(-c3nnc(Cc4ccc(F)cc4)s3)c(O)c(=O)n2c1.Cc1ccc2nc(-c3nnc(Cc4ccc(F)cc4)s3)c(OCc3ccccc3)c(=O)n2c1. The van der Waals surface area contributed by atoms with Gasteiger partial charge in [-0.15, -0.1) is 20.4 Å². The molecule has 0 amide bonds. The molecule has 9 rings (SSSR count). The fraction of sp³-hybridized carbons (Fsp3) is 0.116. The lowest BCUT2D eigenvalue weighted by Crippen LogP contribution is -2.19. The Morgan fingerprint density at radius 2 is 1.08 bits per heavy atom. The smallest absolute Gasteiger partial charge is 0.301 e. The van der Waals surface area contributed by atoms with Gasteiger partial charge in [0.2, 0.25) is 11.5 Å². The third-order valence-electron chi connectivity index (χ3n) is 8.98. The Kier molecular flexibility index (Phi) is 11.1. The Morgan fingerprint density at radius 1 is 0.593 bits per heavy atom. The summed E-state index contributed by atoms with van der Waals surface area (Å²) in [6.45, 7) is 3.99. The summed E-state index contributed by atoms with van der Waals surface area (Å²) in [5, 5.41) is 29.2. The highest BCUT2D eigenvalue weighted by Gasteiger charge is 2.21. The lowest BCUT2D eigenvalue weighted by Gasteiger charge is -2.11.